The minimum atomic E-state index is -0.530. The number of nitrogens with one attached hydrogen (secondary N) is 1. The van der Waals surface area contributed by atoms with E-state index in [0.29, 0.717) is 6.54 Å². The van der Waals surface area contributed by atoms with Gasteiger partial charge in [-0.1, -0.05) is 30.3 Å². The summed E-state index contributed by atoms with van der Waals surface area (Å²) in [6.45, 7) is 9.73. The zero-order chi connectivity index (χ0) is 19.2. The van der Waals surface area contributed by atoms with Gasteiger partial charge in [-0.2, -0.15) is 0 Å². The molecule has 0 radical (unpaired) electrons. The van der Waals surface area contributed by atoms with Gasteiger partial charge < -0.3 is 10.1 Å². The molecule has 1 fully saturated rings. The molecule has 0 spiro atoms. The molecule has 1 N–H and O–H groups in total. The number of benzene rings is 2. The van der Waals surface area contributed by atoms with Crippen molar-refractivity contribution in [1.29, 1.82) is 0 Å². The maximum absolute atomic E-state index is 12.5. The van der Waals surface area contributed by atoms with Crippen molar-refractivity contribution in [3.05, 3.63) is 64.7 Å². The van der Waals surface area contributed by atoms with Gasteiger partial charge in [0.25, 0.3) is 5.91 Å². The first-order valence-electron chi connectivity index (χ1n) is 9.83. The van der Waals surface area contributed by atoms with Crippen molar-refractivity contribution in [3.8, 4) is 5.75 Å². The van der Waals surface area contributed by atoms with Gasteiger partial charge in [-0.25, -0.2) is 0 Å². The Morgan fingerprint density at radius 1 is 1.07 bits per heavy atom. The number of nitrogens with zero attached hydrogens (tertiary/aromatic N) is 1. The van der Waals surface area contributed by atoms with Crippen LogP contribution in [0, 0.1) is 13.8 Å². The van der Waals surface area contributed by atoms with E-state index in [2.05, 4.69) is 35.3 Å². The lowest BCUT2D eigenvalue weighted by atomic mass is 10.1. The normalized spacial score (nSPS) is 15.5. The molecule has 1 aliphatic heterocycles. The Balaban J connectivity index is 1.55. The van der Waals surface area contributed by atoms with Gasteiger partial charge in [-0.05, 0) is 81.1 Å². The molecule has 2 aromatic rings. The Labute approximate surface area is 162 Å². The van der Waals surface area contributed by atoms with Crippen LogP contribution in [-0.2, 0) is 17.9 Å². The third-order valence-electron chi connectivity index (χ3n) is 5.32. The SMILES string of the molecule is Cc1ccc(O[C@@H](C)C(=O)NCc2ccccc2CN2CCCC2)cc1C. The average Bonchev–Trinajstić information content (AvgIpc) is 3.17. The Morgan fingerprint density at radius 3 is 2.48 bits per heavy atom. The third kappa shape index (κ3) is 5.33. The molecule has 1 amide bonds. The fourth-order valence-electron chi connectivity index (χ4n) is 3.44. The summed E-state index contributed by atoms with van der Waals surface area (Å²) in [7, 11) is 0. The summed E-state index contributed by atoms with van der Waals surface area (Å²) in [5.41, 5.74) is 4.85. The molecule has 144 valence electrons. The van der Waals surface area contributed by atoms with Crippen LogP contribution in [0.15, 0.2) is 42.5 Å². The maximum atomic E-state index is 12.5. The van der Waals surface area contributed by atoms with E-state index in [-0.39, 0.29) is 5.91 Å². The van der Waals surface area contributed by atoms with Crippen LogP contribution in [-0.4, -0.2) is 30.0 Å². The lowest BCUT2D eigenvalue weighted by Gasteiger charge is -2.19. The second kappa shape index (κ2) is 9.05. The third-order valence-corrected chi connectivity index (χ3v) is 5.32. The molecule has 1 saturated heterocycles. The molecule has 0 saturated carbocycles. The highest BCUT2D eigenvalue weighted by Crippen LogP contribution is 2.18. The van der Waals surface area contributed by atoms with Gasteiger partial charge in [-0.3, -0.25) is 9.69 Å². The highest BCUT2D eigenvalue weighted by molar-refractivity contribution is 5.80. The number of amides is 1. The topological polar surface area (TPSA) is 41.6 Å². The second-order valence-electron chi connectivity index (χ2n) is 7.48. The van der Waals surface area contributed by atoms with E-state index in [4.69, 9.17) is 4.74 Å². The lowest BCUT2D eigenvalue weighted by Crippen LogP contribution is -2.36. The van der Waals surface area contributed by atoms with Crippen LogP contribution < -0.4 is 10.1 Å². The molecular formula is C23H30N2O2. The van der Waals surface area contributed by atoms with Crippen molar-refractivity contribution in [2.75, 3.05) is 13.1 Å². The molecule has 4 heteroatoms. The van der Waals surface area contributed by atoms with E-state index < -0.39 is 6.10 Å². The Bertz CT molecular complexity index is 782. The zero-order valence-electron chi connectivity index (χ0n) is 16.6. The minimum Gasteiger partial charge on any atom is -0.481 e. The van der Waals surface area contributed by atoms with E-state index in [1.54, 1.807) is 6.92 Å². The fraction of sp³-hybridized carbons (Fsp3) is 0.435. The van der Waals surface area contributed by atoms with Crippen molar-refractivity contribution >= 4 is 5.91 Å². The molecule has 1 aliphatic rings. The molecule has 1 heterocycles. The molecule has 1 atom stereocenters. The van der Waals surface area contributed by atoms with Crippen LogP contribution in [0.3, 0.4) is 0 Å². The van der Waals surface area contributed by atoms with Crippen LogP contribution in [0.5, 0.6) is 5.75 Å². The molecular weight excluding hydrogens is 336 g/mol. The van der Waals surface area contributed by atoms with E-state index in [9.17, 15) is 4.79 Å². The second-order valence-corrected chi connectivity index (χ2v) is 7.48. The van der Waals surface area contributed by atoms with Gasteiger partial charge in [0.15, 0.2) is 6.10 Å². The van der Waals surface area contributed by atoms with Crippen LogP contribution in [0.2, 0.25) is 0 Å². The number of rotatable bonds is 7. The average molecular weight is 367 g/mol. The number of carbonyl (C=O) groups excluding carboxylic acids is 1. The number of carbonyl (C=O) groups is 1. The van der Waals surface area contributed by atoms with Crippen molar-refractivity contribution in [3.63, 3.8) is 0 Å². The molecule has 4 nitrogen and oxygen atoms in total. The first-order chi connectivity index (χ1) is 13.0. The van der Waals surface area contributed by atoms with Crippen LogP contribution in [0.25, 0.3) is 0 Å². The summed E-state index contributed by atoms with van der Waals surface area (Å²) in [6, 6.07) is 14.3. The molecule has 27 heavy (non-hydrogen) atoms. The predicted octanol–water partition coefficient (Wildman–Crippen LogP) is 3.98. The van der Waals surface area contributed by atoms with E-state index >= 15 is 0 Å². The monoisotopic (exact) mass is 366 g/mol. The predicted molar refractivity (Wildman–Crippen MR) is 109 cm³/mol. The van der Waals surface area contributed by atoms with E-state index in [1.165, 1.54) is 42.6 Å². The lowest BCUT2D eigenvalue weighted by molar-refractivity contribution is -0.127. The van der Waals surface area contributed by atoms with Gasteiger partial charge >= 0.3 is 0 Å². The summed E-state index contributed by atoms with van der Waals surface area (Å²) in [6.07, 6.45) is 2.04. The first kappa shape index (κ1) is 19.4. The van der Waals surface area contributed by atoms with Crippen molar-refractivity contribution < 1.29 is 9.53 Å². The number of hydrogen-bond donors (Lipinski definition) is 1. The number of likely N-dealkylation sites (tertiary alicyclic amines) is 1. The summed E-state index contributed by atoms with van der Waals surface area (Å²) >= 11 is 0. The van der Waals surface area contributed by atoms with Crippen molar-refractivity contribution in [1.82, 2.24) is 10.2 Å². The molecule has 0 aliphatic carbocycles. The van der Waals surface area contributed by atoms with E-state index in [1.807, 2.05) is 31.2 Å². The summed E-state index contributed by atoms with van der Waals surface area (Å²) in [4.78, 5) is 15.0. The Hall–Kier alpha value is -2.33. The number of ether oxygens (including phenoxy) is 1. The van der Waals surface area contributed by atoms with Crippen LogP contribution in [0.4, 0.5) is 0 Å². The molecule has 0 unspecified atom stereocenters. The van der Waals surface area contributed by atoms with Gasteiger partial charge in [0.1, 0.15) is 5.75 Å². The number of aryl methyl sites for hydroxylation is 2. The Kier molecular flexibility index (Phi) is 6.51. The maximum Gasteiger partial charge on any atom is 0.261 e. The van der Waals surface area contributed by atoms with Crippen LogP contribution >= 0.6 is 0 Å². The number of hydrogen-bond acceptors (Lipinski definition) is 3. The molecule has 3 rings (SSSR count). The largest absolute Gasteiger partial charge is 0.481 e. The highest BCUT2D eigenvalue weighted by Gasteiger charge is 2.17. The van der Waals surface area contributed by atoms with Crippen LogP contribution in [0.1, 0.15) is 42.0 Å². The van der Waals surface area contributed by atoms with Gasteiger partial charge in [-0.15, -0.1) is 0 Å². The Morgan fingerprint density at radius 2 is 1.78 bits per heavy atom. The molecule has 2 aromatic carbocycles. The van der Waals surface area contributed by atoms with Gasteiger partial charge in [0.2, 0.25) is 0 Å². The smallest absolute Gasteiger partial charge is 0.261 e. The van der Waals surface area contributed by atoms with Crippen molar-refractivity contribution in [2.45, 2.75) is 52.8 Å². The van der Waals surface area contributed by atoms with E-state index in [0.717, 1.165) is 17.9 Å². The summed E-state index contributed by atoms with van der Waals surface area (Å²) < 4.78 is 5.82. The standard InChI is InChI=1S/C23H30N2O2/c1-17-10-11-22(14-18(17)2)27-19(3)23(26)24-15-20-8-4-5-9-21(20)16-25-12-6-7-13-25/h4-5,8-11,14,19H,6-7,12-13,15-16H2,1-3H3,(H,24,26)/t19-/m0/s1. The summed E-state index contributed by atoms with van der Waals surface area (Å²) in [5.74, 6) is 0.638. The van der Waals surface area contributed by atoms with Gasteiger partial charge in [0.05, 0.1) is 0 Å². The first-order valence-corrected chi connectivity index (χ1v) is 9.83. The zero-order valence-corrected chi connectivity index (χ0v) is 16.6. The fourth-order valence-corrected chi connectivity index (χ4v) is 3.44. The van der Waals surface area contributed by atoms with Crippen molar-refractivity contribution in [2.24, 2.45) is 0 Å². The minimum absolute atomic E-state index is 0.0933. The quantitative estimate of drug-likeness (QED) is 0.806. The summed E-state index contributed by atoms with van der Waals surface area (Å²) in [5, 5.41) is 3.03. The molecule has 0 bridgehead atoms. The van der Waals surface area contributed by atoms with Gasteiger partial charge in [0, 0.05) is 13.1 Å². The molecule has 0 aromatic heterocycles. The highest BCUT2D eigenvalue weighted by atomic mass is 16.5.